The van der Waals surface area contributed by atoms with Gasteiger partial charge in [-0.05, 0) is 43.0 Å². The molecule has 4 heteroatoms. The third-order valence-electron chi connectivity index (χ3n) is 3.46. The number of halogens is 2. The van der Waals surface area contributed by atoms with Crippen LogP contribution in [0.5, 0.6) is 0 Å². The zero-order chi connectivity index (χ0) is 13.0. The smallest absolute Gasteiger partial charge is 0.0469 e. The van der Waals surface area contributed by atoms with Gasteiger partial charge in [0.15, 0.2) is 0 Å². The van der Waals surface area contributed by atoms with E-state index in [0.717, 1.165) is 42.1 Å². The van der Waals surface area contributed by atoms with Crippen LogP contribution in [-0.2, 0) is 4.74 Å². The molecule has 1 atom stereocenters. The van der Waals surface area contributed by atoms with E-state index in [4.69, 9.17) is 16.3 Å². The molecule has 1 heterocycles. The van der Waals surface area contributed by atoms with Crippen molar-refractivity contribution >= 4 is 27.5 Å². The van der Waals surface area contributed by atoms with Gasteiger partial charge in [-0.25, -0.2) is 0 Å². The Kier molecular flexibility index (Phi) is 5.49. The molecule has 1 aromatic rings. The van der Waals surface area contributed by atoms with Crippen LogP contribution in [0.4, 0.5) is 0 Å². The molecule has 1 N–H and O–H groups in total. The molecule has 100 valence electrons. The maximum Gasteiger partial charge on any atom is 0.0469 e. The number of benzene rings is 1. The normalized spacial score (nSPS) is 18.8. The summed E-state index contributed by atoms with van der Waals surface area (Å²) < 4.78 is 6.47. The lowest BCUT2D eigenvalue weighted by Crippen LogP contribution is -2.32. The molecule has 0 aliphatic carbocycles. The first-order valence-electron chi connectivity index (χ1n) is 6.48. The van der Waals surface area contributed by atoms with Crippen LogP contribution in [-0.4, -0.2) is 19.8 Å². The van der Waals surface area contributed by atoms with E-state index in [1.807, 2.05) is 6.07 Å². The van der Waals surface area contributed by atoms with E-state index in [0.29, 0.717) is 12.0 Å². The first kappa shape index (κ1) is 14.3. The second kappa shape index (κ2) is 6.90. The van der Waals surface area contributed by atoms with Gasteiger partial charge < -0.3 is 10.1 Å². The van der Waals surface area contributed by atoms with Gasteiger partial charge in [0, 0.05) is 28.8 Å². The van der Waals surface area contributed by atoms with Crippen molar-refractivity contribution in [2.45, 2.75) is 25.8 Å². The Labute approximate surface area is 122 Å². The third-order valence-corrected chi connectivity index (χ3v) is 4.28. The molecule has 1 aliphatic rings. The van der Waals surface area contributed by atoms with Crippen LogP contribution in [0.15, 0.2) is 22.7 Å². The molecule has 1 aromatic carbocycles. The summed E-state index contributed by atoms with van der Waals surface area (Å²) in [6.07, 6.45) is 2.20. The second-order valence-electron chi connectivity index (χ2n) is 4.65. The second-order valence-corrected chi connectivity index (χ2v) is 5.97. The molecule has 0 amide bonds. The van der Waals surface area contributed by atoms with Crippen LogP contribution in [0.25, 0.3) is 0 Å². The Bertz CT molecular complexity index is 393. The van der Waals surface area contributed by atoms with Crippen LogP contribution in [0.1, 0.15) is 31.4 Å². The highest BCUT2D eigenvalue weighted by molar-refractivity contribution is 9.10. The highest BCUT2D eigenvalue weighted by atomic mass is 79.9. The maximum absolute atomic E-state index is 6.38. The lowest BCUT2D eigenvalue weighted by Gasteiger charge is -2.31. The largest absolute Gasteiger partial charge is 0.381 e. The van der Waals surface area contributed by atoms with E-state index in [1.165, 1.54) is 5.56 Å². The summed E-state index contributed by atoms with van der Waals surface area (Å²) in [5.74, 6) is 0.609. The van der Waals surface area contributed by atoms with E-state index in [9.17, 15) is 0 Å². The van der Waals surface area contributed by atoms with Crippen LogP contribution >= 0.6 is 27.5 Å². The molecule has 18 heavy (non-hydrogen) atoms. The molecular weight excluding hydrogens is 314 g/mol. The molecule has 2 rings (SSSR count). The van der Waals surface area contributed by atoms with Crippen molar-refractivity contribution in [1.82, 2.24) is 5.32 Å². The Morgan fingerprint density at radius 3 is 2.78 bits per heavy atom. The molecule has 1 saturated heterocycles. The molecule has 0 spiro atoms. The quantitative estimate of drug-likeness (QED) is 0.893. The lowest BCUT2D eigenvalue weighted by atomic mass is 9.87. The van der Waals surface area contributed by atoms with Gasteiger partial charge in [-0.2, -0.15) is 0 Å². The standard InChI is InChI=1S/C14H19BrClNO/c1-2-17-14(10-5-7-18-8-6-10)12-4-3-11(15)9-13(12)16/h3-4,9-10,14,17H,2,5-8H2,1H3. The van der Waals surface area contributed by atoms with Gasteiger partial charge >= 0.3 is 0 Å². The van der Waals surface area contributed by atoms with Crippen molar-refractivity contribution in [3.8, 4) is 0 Å². The Hall–Kier alpha value is -0.0900. The van der Waals surface area contributed by atoms with Crippen molar-refractivity contribution in [3.05, 3.63) is 33.3 Å². The van der Waals surface area contributed by atoms with E-state index in [-0.39, 0.29) is 0 Å². The molecule has 0 aromatic heterocycles. The van der Waals surface area contributed by atoms with Gasteiger partial charge in [0.2, 0.25) is 0 Å². The van der Waals surface area contributed by atoms with Crippen molar-refractivity contribution in [2.75, 3.05) is 19.8 Å². The summed E-state index contributed by atoms with van der Waals surface area (Å²) in [6, 6.07) is 6.49. The summed E-state index contributed by atoms with van der Waals surface area (Å²) in [5.41, 5.74) is 1.20. The fourth-order valence-corrected chi connectivity index (χ4v) is 3.34. The van der Waals surface area contributed by atoms with Gasteiger partial charge in [-0.1, -0.05) is 40.5 Å². The Balaban J connectivity index is 2.22. The highest BCUT2D eigenvalue weighted by Gasteiger charge is 2.26. The van der Waals surface area contributed by atoms with Crippen molar-refractivity contribution in [1.29, 1.82) is 0 Å². The molecule has 1 fully saturated rings. The maximum atomic E-state index is 6.38. The van der Waals surface area contributed by atoms with E-state index < -0.39 is 0 Å². The highest BCUT2D eigenvalue weighted by Crippen LogP contribution is 2.34. The molecule has 0 bridgehead atoms. The summed E-state index contributed by atoms with van der Waals surface area (Å²) in [5, 5.41) is 4.41. The van der Waals surface area contributed by atoms with Gasteiger partial charge in [0.1, 0.15) is 0 Å². The Morgan fingerprint density at radius 2 is 2.17 bits per heavy atom. The van der Waals surface area contributed by atoms with E-state index in [2.05, 4.69) is 40.3 Å². The fourth-order valence-electron chi connectivity index (χ4n) is 2.55. The summed E-state index contributed by atoms with van der Waals surface area (Å²) >= 11 is 9.83. The molecule has 2 nitrogen and oxygen atoms in total. The van der Waals surface area contributed by atoms with E-state index in [1.54, 1.807) is 0 Å². The summed E-state index contributed by atoms with van der Waals surface area (Å²) in [6.45, 7) is 4.81. The molecule has 1 unspecified atom stereocenters. The average Bonchev–Trinajstić information content (AvgIpc) is 2.38. The fraction of sp³-hybridized carbons (Fsp3) is 0.571. The first-order valence-corrected chi connectivity index (χ1v) is 7.65. The lowest BCUT2D eigenvalue weighted by molar-refractivity contribution is 0.0538. The zero-order valence-electron chi connectivity index (χ0n) is 10.6. The number of ether oxygens (including phenoxy) is 1. The van der Waals surface area contributed by atoms with Crippen molar-refractivity contribution in [2.24, 2.45) is 5.92 Å². The third kappa shape index (κ3) is 3.47. The van der Waals surface area contributed by atoms with Gasteiger partial charge in [-0.15, -0.1) is 0 Å². The zero-order valence-corrected chi connectivity index (χ0v) is 12.9. The van der Waals surface area contributed by atoms with E-state index >= 15 is 0 Å². The minimum atomic E-state index is 0.333. The monoisotopic (exact) mass is 331 g/mol. The minimum Gasteiger partial charge on any atom is -0.381 e. The SMILES string of the molecule is CCNC(c1ccc(Br)cc1Cl)C1CCOCC1. The number of hydrogen-bond donors (Lipinski definition) is 1. The van der Waals surface area contributed by atoms with Crippen LogP contribution in [0, 0.1) is 5.92 Å². The molecule has 0 saturated carbocycles. The summed E-state index contributed by atoms with van der Waals surface area (Å²) in [7, 11) is 0. The number of hydrogen-bond acceptors (Lipinski definition) is 2. The minimum absolute atomic E-state index is 0.333. The Morgan fingerprint density at radius 1 is 1.44 bits per heavy atom. The molecular formula is C14H19BrClNO. The van der Waals surface area contributed by atoms with Crippen LogP contribution in [0.2, 0.25) is 5.02 Å². The molecule has 1 aliphatic heterocycles. The van der Waals surface area contributed by atoms with Gasteiger partial charge in [-0.3, -0.25) is 0 Å². The summed E-state index contributed by atoms with van der Waals surface area (Å²) in [4.78, 5) is 0. The van der Waals surface area contributed by atoms with Crippen molar-refractivity contribution in [3.63, 3.8) is 0 Å². The number of nitrogens with one attached hydrogen (secondary N) is 1. The molecule has 0 radical (unpaired) electrons. The average molecular weight is 333 g/mol. The predicted octanol–water partition coefficient (Wildman–Crippen LogP) is 4.18. The van der Waals surface area contributed by atoms with Gasteiger partial charge in [0.05, 0.1) is 0 Å². The first-order chi connectivity index (χ1) is 8.72. The van der Waals surface area contributed by atoms with Crippen LogP contribution in [0.3, 0.4) is 0 Å². The van der Waals surface area contributed by atoms with Crippen LogP contribution < -0.4 is 5.32 Å². The van der Waals surface area contributed by atoms with Gasteiger partial charge in [0.25, 0.3) is 0 Å². The number of rotatable bonds is 4. The topological polar surface area (TPSA) is 21.3 Å². The predicted molar refractivity (Wildman–Crippen MR) is 79.1 cm³/mol. The van der Waals surface area contributed by atoms with Crippen molar-refractivity contribution < 1.29 is 4.74 Å².